The minimum atomic E-state index is 0.263. The quantitative estimate of drug-likeness (QED) is 0.842. The van der Waals surface area contributed by atoms with Crippen molar-refractivity contribution < 1.29 is 9.53 Å². The van der Waals surface area contributed by atoms with E-state index in [4.69, 9.17) is 4.74 Å². The third kappa shape index (κ3) is 3.43. The van der Waals surface area contributed by atoms with Gasteiger partial charge in [0, 0.05) is 50.4 Å². The fourth-order valence-corrected chi connectivity index (χ4v) is 3.90. The molecule has 2 saturated heterocycles. The lowest BCUT2D eigenvalue weighted by molar-refractivity contribution is -0.135. The van der Waals surface area contributed by atoms with Crippen LogP contribution in [0.1, 0.15) is 42.3 Å². The number of hydrogen-bond acceptors (Lipinski definition) is 4. The number of aromatic nitrogens is 2. The zero-order valence-electron chi connectivity index (χ0n) is 14.5. The summed E-state index contributed by atoms with van der Waals surface area (Å²) in [7, 11) is 2.01. The topological polar surface area (TPSA) is 50.6 Å². The van der Waals surface area contributed by atoms with Crippen LogP contribution < -0.4 is 0 Å². The second-order valence-corrected chi connectivity index (χ2v) is 6.65. The van der Waals surface area contributed by atoms with Crippen LogP contribution in [0.25, 0.3) is 0 Å². The van der Waals surface area contributed by atoms with Gasteiger partial charge in [0.15, 0.2) is 0 Å². The van der Waals surface area contributed by atoms with Gasteiger partial charge in [0.05, 0.1) is 18.9 Å². The predicted octanol–water partition coefficient (Wildman–Crippen LogP) is 1.42. The molecule has 1 unspecified atom stereocenters. The molecule has 6 heteroatoms. The van der Waals surface area contributed by atoms with Crippen molar-refractivity contribution in [1.82, 2.24) is 19.6 Å². The summed E-state index contributed by atoms with van der Waals surface area (Å²) < 4.78 is 7.29. The smallest absolute Gasteiger partial charge is 0.224 e. The molecule has 6 nitrogen and oxygen atoms in total. The first kappa shape index (κ1) is 16.5. The molecule has 3 heterocycles. The largest absolute Gasteiger partial charge is 0.378 e. The van der Waals surface area contributed by atoms with Crippen molar-refractivity contribution in [2.75, 3.05) is 39.4 Å². The molecular formula is C17H28N4O2. The summed E-state index contributed by atoms with van der Waals surface area (Å²) in [5.41, 5.74) is 3.74. The van der Waals surface area contributed by atoms with E-state index in [0.29, 0.717) is 25.7 Å². The molecule has 3 rings (SSSR count). The highest BCUT2D eigenvalue weighted by Crippen LogP contribution is 2.35. The van der Waals surface area contributed by atoms with Crippen LogP contribution in [0.4, 0.5) is 0 Å². The van der Waals surface area contributed by atoms with E-state index in [0.717, 1.165) is 31.9 Å². The molecule has 23 heavy (non-hydrogen) atoms. The molecule has 0 aliphatic carbocycles. The number of rotatable bonds is 4. The first-order valence-electron chi connectivity index (χ1n) is 8.67. The molecule has 0 N–H and O–H groups in total. The van der Waals surface area contributed by atoms with Crippen LogP contribution in [0.15, 0.2) is 0 Å². The molecule has 0 radical (unpaired) electrons. The first-order chi connectivity index (χ1) is 11.1. The number of morpholine rings is 1. The Kier molecular flexibility index (Phi) is 5.02. The van der Waals surface area contributed by atoms with Gasteiger partial charge in [-0.2, -0.15) is 5.10 Å². The van der Waals surface area contributed by atoms with Gasteiger partial charge in [-0.1, -0.05) is 0 Å². The molecule has 0 bridgehead atoms. The number of aryl methyl sites for hydroxylation is 2. The lowest BCUT2D eigenvalue weighted by atomic mass is 10.0. The fraction of sp³-hybridized carbons (Fsp3) is 0.765. The normalized spacial score (nSPS) is 22.7. The number of carbonyl (C=O) groups is 1. The monoisotopic (exact) mass is 320 g/mol. The van der Waals surface area contributed by atoms with E-state index < -0.39 is 0 Å². The molecule has 0 saturated carbocycles. The van der Waals surface area contributed by atoms with E-state index >= 15 is 0 Å². The summed E-state index contributed by atoms with van der Waals surface area (Å²) in [5.74, 6) is 0.263. The second kappa shape index (κ2) is 7.01. The molecule has 0 aromatic carbocycles. The molecule has 0 spiro atoms. The molecular weight excluding hydrogens is 292 g/mol. The van der Waals surface area contributed by atoms with Gasteiger partial charge >= 0.3 is 0 Å². The van der Waals surface area contributed by atoms with Gasteiger partial charge in [0.1, 0.15) is 0 Å². The van der Waals surface area contributed by atoms with Crippen LogP contribution >= 0.6 is 0 Å². The Hall–Kier alpha value is -1.40. The Morgan fingerprint density at radius 2 is 2.00 bits per heavy atom. The van der Waals surface area contributed by atoms with Crippen LogP contribution in [0.3, 0.4) is 0 Å². The van der Waals surface area contributed by atoms with E-state index in [9.17, 15) is 4.79 Å². The van der Waals surface area contributed by atoms with Gasteiger partial charge in [-0.25, -0.2) is 0 Å². The SMILES string of the molecule is Cc1nn(C)c(C)c1C1CCCN1CCC(=O)N1CCOCC1. The highest BCUT2D eigenvalue weighted by Gasteiger charge is 2.30. The van der Waals surface area contributed by atoms with Crippen LogP contribution in [0.2, 0.25) is 0 Å². The Balaban J connectivity index is 1.62. The van der Waals surface area contributed by atoms with E-state index in [1.165, 1.54) is 24.1 Å². The molecule has 128 valence electrons. The molecule has 2 fully saturated rings. The average molecular weight is 320 g/mol. The lowest BCUT2D eigenvalue weighted by Gasteiger charge is -2.29. The molecule has 2 aliphatic heterocycles. The summed E-state index contributed by atoms with van der Waals surface area (Å²) >= 11 is 0. The molecule has 1 atom stereocenters. The van der Waals surface area contributed by atoms with Crippen molar-refractivity contribution >= 4 is 5.91 Å². The maximum atomic E-state index is 12.4. The maximum Gasteiger partial charge on any atom is 0.224 e. The van der Waals surface area contributed by atoms with Crippen LogP contribution in [-0.2, 0) is 16.6 Å². The third-order valence-electron chi connectivity index (χ3n) is 5.24. The van der Waals surface area contributed by atoms with E-state index in [-0.39, 0.29) is 5.91 Å². The molecule has 1 aromatic heterocycles. The standard InChI is InChI=1S/C17H28N4O2/c1-13-17(14(2)19(3)18-13)15-5-4-7-20(15)8-6-16(22)21-9-11-23-12-10-21/h15H,4-12H2,1-3H3. The van der Waals surface area contributed by atoms with Crippen molar-refractivity contribution in [2.24, 2.45) is 7.05 Å². The van der Waals surface area contributed by atoms with E-state index in [1.54, 1.807) is 0 Å². The Labute approximate surface area is 138 Å². The van der Waals surface area contributed by atoms with E-state index in [1.807, 2.05) is 16.6 Å². The highest BCUT2D eigenvalue weighted by atomic mass is 16.5. The Morgan fingerprint density at radius 3 is 2.65 bits per heavy atom. The number of nitrogens with zero attached hydrogens (tertiary/aromatic N) is 4. The number of likely N-dealkylation sites (tertiary alicyclic amines) is 1. The third-order valence-corrected chi connectivity index (χ3v) is 5.24. The summed E-state index contributed by atoms with van der Waals surface area (Å²) in [5, 5.41) is 4.56. The predicted molar refractivity (Wildman–Crippen MR) is 88.2 cm³/mol. The molecule has 2 aliphatic rings. The van der Waals surface area contributed by atoms with Gasteiger partial charge in [-0.15, -0.1) is 0 Å². The van der Waals surface area contributed by atoms with Crippen molar-refractivity contribution in [2.45, 2.75) is 39.2 Å². The fourth-order valence-electron chi connectivity index (χ4n) is 3.90. The number of ether oxygens (including phenoxy) is 1. The van der Waals surface area contributed by atoms with Crippen LogP contribution in [-0.4, -0.2) is 64.9 Å². The lowest BCUT2D eigenvalue weighted by Crippen LogP contribution is -2.42. The number of carbonyl (C=O) groups excluding carboxylic acids is 1. The molecule has 1 aromatic rings. The summed E-state index contributed by atoms with van der Waals surface area (Å²) in [6.45, 7) is 8.98. The van der Waals surface area contributed by atoms with Crippen molar-refractivity contribution in [3.05, 3.63) is 17.0 Å². The van der Waals surface area contributed by atoms with Gasteiger partial charge in [-0.3, -0.25) is 14.4 Å². The summed E-state index contributed by atoms with van der Waals surface area (Å²) in [4.78, 5) is 16.8. The molecule has 1 amide bonds. The van der Waals surface area contributed by atoms with Crippen molar-refractivity contribution in [3.8, 4) is 0 Å². The minimum absolute atomic E-state index is 0.263. The summed E-state index contributed by atoms with van der Waals surface area (Å²) in [6, 6.07) is 0.418. The zero-order valence-corrected chi connectivity index (χ0v) is 14.5. The van der Waals surface area contributed by atoms with Crippen LogP contribution in [0.5, 0.6) is 0 Å². The highest BCUT2D eigenvalue weighted by molar-refractivity contribution is 5.76. The zero-order chi connectivity index (χ0) is 16.4. The number of hydrogen-bond donors (Lipinski definition) is 0. The minimum Gasteiger partial charge on any atom is -0.378 e. The average Bonchev–Trinajstić information content (AvgIpc) is 3.10. The maximum absolute atomic E-state index is 12.4. The Bertz CT molecular complexity index is 563. The second-order valence-electron chi connectivity index (χ2n) is 6.65. The van der Waals surface area contributed by atoms with Gasteiger partial charge in [0.25, 0.3) is 0 Å². The summed E-state index contributed by atoms with van der Waals surface area (Å²) in [6.07, 6.45) is 2.97. The van der Waals surface area contributed by atoms with Gasteiger partial charge < -0.3 is 9.64 Å². The number of amides is 1. The Morgan fingerprint density at radius 1 is 1.26 bits per heavy atom. The van der Waals surface area contributed by atoms with Gasteiger partial charge in [-0.05, 0) is 33.2 Å². The first-order valence-corrected chi connectivity index (χ1v) is 8.67. The van der Waals surface area contributed by atoms with Crippen molar-refractivity contribution in [1.29, 1.82) is 0 Å². The van der Waals surface area contributed by atoms with Gasteiger partial charge in [0.2, 0.25) is 5.91 Å². The van der Waals surface area contributed by atoms with E-state index in [2.05, 4.69) is 23.8 Å². The van der Waals surface area contributed by atoms with Crippen LogP contribution in [0, 0.1) is 13.8 Å². The van der Waals surface area contributed by atoms with Crippen molar-refractivity contribution in [3.63, 3.8) is 0 Å².